The maximum atomic E-state index is 13.7. The van der Waals surface area contributed by atoms with Gasteiger partial charge >= 0.3 is 12.4 Å². The van der Waals surface area contributed by atoms with Crippen LogP contribution in [0.25, 0.3) is 22.3 Å². The molecule has 39 heavy (non-hydrogen) atoms. The van der Waals surface area contributed by atoms with Crippen molar-refractivity contribution in [3.8, 4) is 11.4 Å². The van der Waals surface area contributed by atoms with Gasteiger partial charge in [-0.05, 0) is 42.0 Å². The SMILES string of the molecule is O=c1c2cc(-n3cccn3)ccc2nc(Cc2ccccc2)n1-c1ccc(C(O)(C(F)(F)F)C(F)(F)F)cc1. The third-order valence-electron chi connectivity index (χ3n) is 6.26. The van der Waals surface area contributed by atoms with Gasteiger partial charge in [-0.2, -0.15) is 31.4 Å². The zero-order valence-electron chi connectivity index (χ0n) is 19.8. The standard InChI is InChI=1S/C27H18F6N4O2/c28-26(29,30)25(39,27(31,32)33)18-7-9-19(10-8-18)37-23(15-17-5-2-1-3-6-17)35-22-12-11-20(16-21(22)24(37)38)36-14-4-13-34-36/h1-14,16,39H,15H2. The Morgan fingerprint density at radius 1 is 0.795 bits per heavy atom. The lowest BCUT2D eigenvalue weighted by atomic mass is 9.92. The second-order valence-corrected chi connectivity index (χ2v) is 8.74. The molecule has 0 bridgehead atoms. The minimum absolute atomic E-state index is 0.0275. The smallest absolute Gasteiger partial charge is 0.369 e. The zero-order chi connectivity index (χ0) is 28.0. The molecule has 0 atom stereocenters. The average Bonchev–Trinajstić information content (AvgIpc) is 3.43. The van der Waals surface area contributed by atoms with Gasteiger partial charge in [0.25, 0.3) is 11.2 Å². The largest absolute Gasteiger partial charge is 0.430 e. The van der Waals surface area contributed by atoms with Gasteiger partial charge in [0.1, 0.15) is 5.82 Å². The first kappa shape index (κ1) is 26.2. The normalized spacial score (nSPS) is 12.7. The number of halogens is 6. The van der Waals surface area contributed by atoms with E-state index in [1.54, 1.807) is 67.0 Å². The van der Waals surface area contributed by atoms with Crippen molar-refractivity contribution in [2.75, 3.05) is 0 Å². The van der Waals surface area contributed by atoms with Crippen LogP contribution in [-0.2, 0) is 12.0 Å². The van der Waals surface area contributed by atoms with Gasteiger partial charge < -0.3 is 5.11 Å². The van der Waals surface area contributed by atoms with E-state index in [0.29, 0.717) is 23.3 Å². The Hall–Kier alpha value is -4.45. The summed E-state index contributed by atoms with van der Waals surface area (Å²) in [6.07, 6.45) is -8.71. The summed E-state index contributed by atoms with van der Waals surface area (Å²) < 4.78 is 82.8. The summed E-state index contributed by atoms with van der Waals surface area (Å²) >= 11 is 0. The van der Waals surface area contributed by atoms with Crippen LogP contribution >= 0.6 is 0 Å². The fourth-order valence-electron chi connectivity index (χ4n) is 4.29. The van der Waals surface area contributed by atoms with Crippen LogP contribution in [0.15, 0.2) is 96.1 Å². The van der Waals surface area contributed by atoms with Gasteiger partial charge in [-0.3, -0.25) is 9.36 Å². The van der Waals surface area contributed by atoms with E-state index in [0.717, 1.165) is 22.3 Å². The molecule has 2 heterocycles. The summed E-state index contributed by atoms with van der Waals surface area (Å²) in [5.41, 5.74) is -5.47. The van der Waals surface area contributed by atoms with E-state index in [-0.39, 0.29) is 23.3 Å². The Morgan fingerprint density at radius 2 is 1.44 bits per heavy atom. The highest BCUT2D eigenvalue weighted by molar-refractivity contribution is 5.80. The lowest BCUT2D eigenvalue weighted by Gasteiger charge is -2.32. The maximum Gasteiger partial charge on any atom is 0.430 e. The topological polar surface area (TPSA) is 72.9 Å². The van der Waals surface area contributed by atoms with Crippen molar-refractivity contribution in [1.29, 1.82) is 0 Å². The molecule has 0 aliphatic rings. The summed E-state index contributed by atoms with van der Waals surface area (Å²) in [6, 6.07) is 18.3. The molecular formula is C27H18F6N4O2. The van der Waals surface area contributed by atoms with Gasteiger partial charge in [0.05, 0.1) is 22.3 Å². The van der Waals surface area contributed by atoms with Crippen LogP contribution in [-0.4, -0.2) is 36.8 Å². The molecule has 5 aromatic rings. The molecule has 1 N–H and O–H groups in total. The van der Waals surface area contributed by atoms with Crippen molar-refractivity contribution >= 4 is 10.9 Å². The number of alkyl halides is 6. The number of aliphatic hydroxyl groups is 1. The first-order valence-corrected chi connectivity index (χ1v) is 11.5. The molecule has 6 nitrogen and oxygen atoms in total. The highest BCUT2D eigenvalue weighted by Crippen LogP contribution is 2.50. The van der Waals surface area contributed by atoms with E-state index in [2.05, 4.69) is 10.1 Å². The van der Waals surface area contributed by atoms with Crippen LogP contribution in [0, 0.1) is 0 Å². The second-order valence-electron chi connectivity index (χ2n) is 8.74. The molecule has 0 unspecified atom stereocenters. The summed E-state index contributed by atoms with van der Waals surface area (Å²) in [4.78, 5) is 18.3. The number of aromatic nitrogens is 4. The van der Waals surface area contributed by atoms with E-state index in [4.69, 9.17) is 0 Å². The lowest BCUT2D eigenvalue weighted by molar-refractivity contribution is -0.376. The lowest BCUT2D eigenvalue weighted by Crippen LogP contribution is -2.53. The molecule has 0 radical (unpaired) electrons. The Morgan fingerprint density at radius 3 is 2.03 bits per heavy atom. The minimum Gasteiger partial charge on any atom is -0.369 e. The van der Waals surface area contributed by atoms with E-state index >= 15 is 0 Å². The minimum atomic E-state index is -6.03. The van der Waals surface area contributed by atoms with Gasteiger partial charge in [0, 0.05) is 24.4 Å². The average molecular weight is 544 g/mol. The van der Waals surface area contributed by atoms with Crippen molar-refractivity contribution in [2.45, 2.75) is 24.4 Å². The Labute approximate surface area is 216 Å². The van der Waals surface area contributed by atoms with Gasteiger partial charge in [-0.1, -0.05) is 42.5 Å². The maximum absolute atomic E-state index is 13.7. The predicted molar refractivity (Wildman–Crippen MR) is 130 cm³/mol. The van der Waals surface area contributed by atoms with Crippen LogP contribution in [0.1, 0.15) is 17.0 Å². The van der Waals surface area contributed by atoms with E-state index in [1.807, 2.05) is 0 Å². The summed E-state index contributed by atoms with van der Waals surface area (Å²) in [5.74, 6) is 0.209. The first-order valence-electron chi connectivity index (χ1n) is 11.5. The van der Waals surface area contributed by atoms with E-state index < -0.39 is 29.1 Å². The number of benzene rings is 3. The number of rotatable bonds is 5. The van der Waals surface area contributed by atoms with Gasteiger partial charge in [0.2, 0.25) is 0 Å². The third kappa shape index (κ3) is 4.56. The Balaban J connectivity index is 1.70. The van der Waals surface area contributed by atoms with Crippen LogP contribution in [0.2, 0.25) is 0 Å². The molecule has 0 aliphatic heterocycles. The predicted octanol–water partition coefficient (Wildman–Crippen LogP) is 5.47. The van der Waals surface area contributed by atoms with Crippen LogP contribution < -0.4 is 5.56 Å². The summed E-state index contributed by atoms with van der Waals surface area (Å²) in [6.45, 7) is 0. The molecule has 0 fully saturated rings. The molecular weight excluding hydrogens is 526 g/mol. The molecule has 3 aromatic carbocycles. The van der Waals surface area contributed by atoms with Crippen LogP contribution in [0.5, 0.6) is 0 Å². The fraction of sp³-hybridized carbons (Fsp3) is 0.148. The molecule has 200 valence electrons. The van der Waals surface area contributed by atoms with Crippen molar-refractivity contribution in [3.05, 3.63) is 119 Å². The monoisotopic (exact) mass is 544 g/mol. The number of nitrogens with zero attached hydrogens (tertiary/aromatic N) is 4. The first-order chi connectivity index (χ1) is 18.4. The quantitative estimate of drug-likeness (QED) is 0.298. The molecule has 2 aromatic heterocycles. The van der Waals surface area contributed by atoms with Crippen molar-refractivity contribution in [1.82, 2.24) is 19.3 Å². The summed E-state index contributed by atoms with van der Waals surface area (Å²) in [5, 5.41) is 14.0. The molecule has 0 saturated heterocycles. The molecule has 0 aliphatic carbocycles. The van der Waals surface area contributed by atoms with Crippen molar-refractivity contribution < 1.29 is 31.4 Å². The van der Waals surface area contributed by atoms with Gasteiger partial charge in [0.15, 0.2) is 0 Å². The van der Waals surface area contributed by atoms with E-state index in [1.165, 1.54) is 4.68 Å². The number of fused-ring (bicyclic) bond motifs is 1. The van der Waals surface area contributed by atoms with Crippen LogP contribution in [0.4, 0.5) is 26.3 Å². The van der Waals surface area contributed by atoms with Crippen molar-refractivity contribution in [2.24, 2.45) is 0 Å². The second kappa shape index (κ2) is 9.38. The van der Waals surface area contributed by atoms with Crippen LogP contribution in [0.3, 0.4) is 0 Å². The highest BCUT2D eigenvalue weighted by Gasteiger charge is 2.71. The Kier molecular flexibility index (Phi) is 6.30. The fourth-order valence-corrected chi connectivity index (χ4v) is 4.29. The molecule has 5 rings (SSSR count). The molecule has 12 heteroatoms. The van der Waals surface area contributed by atoms with Gasteiger partial charge in [-0.25, -0.2) is 9.67 Å². The number of hydrogen-bond donors (Lipinski definition) is 1. The third-order valence-corrected chi connectivity index (χ3v) is 6.26. The van der Waals surface area contributed by atoms with Crippen molar-refractivity contribution in [3.63, 3.8) is 0 Å². The highest BCUT2D eigenvalue weighted by atomic mass is 19.4. The number of hydrogen-bond acceptors (Lipinski definition) is 4. The van der Waals surface area contributed by atoms with Gasteiger partial charge in [-0.15, -0.1) is 0 Å². The van der Waals surface area contributed by atoms with E-state index in [9.17, 15) is 36.2 Å². The molecule has 0 saturated carbocycles. The zero-order valence-corrected chi connectivity index (χ0v) is 19.8. The Bertz CT molecular complexity index is 1660. The summed E-state index contributed by atoms with van der Waals surface area (Å²) in [7, 11) is 0. The molecule has 0 amide bonds. The molecule has 0 spiro atoms.